The molecule has 5 nitrogen and oxygen atoms in total. The quantitative estimate of drug-likeness (QED) is 0.806. The molecule has 0 radical (unpaired) electrons. The lowest BCUT2D eigenvalue weighted by Gasteiger charge is -2.25. The lowest BCUT2D eigenvalue weighted by atomic mass is 10.1. The molecule has 1 N–H and O–H groups in total. The Morgan fingerprint density at radius 2 is 2.28 bits per heavy atom. The second-order valence-corrected chi connectivity index (χ2v) is 4.16. The van der Waals surface area contributed by atoms with Crippen molar-refractivity contribution in [1.29, 1.82) is 0 Å². The molecule has 0 aromatic heterocycles. The van der Waals surface area contributed by atoms with Crippen molar-refractivity contribution >= 4 is 5.97 Å². The summed E-state index contributed by atoms with van der Waals surface area (Å²) in [5.41, 5.74) is 0.963. The summed E-state index contributed by atoms with van der Waals surface area (Å²) in [6.45, 7) is 0.539. The van der Waals surface area contributed by atoms with Crippen molar-refractivity contribution in [3.05, 3.63) is 35.9 Å². The van der Waals surface area contributed by atoms with Gasteiger partial charge in [-0.1, -0.05) is 30.3 Å². The number of ether oxygens (including phenoxy) is 1. The molecule has 1 aliphatic rings. The van der Waals surface area contributed by atoms with Gasteiger partial charge >= 0.3 is 5.97 Å². The molecule has 0 aliphatic carbocycles. The molecule has 98 valence electrons. The average Bonchev–Trinajstić information content (AvgIpc) is 2.89. The number of hydroxylamine groups is 2. The summed E-state index contributed by atoms with van der Waals surface area (Å²) < 4.78 is 4.65. The van der Waals surface area contributed by atoms with Gasteiger partial charge in [-0.2, -0.15) is 5.06 Å². The Kier molecular flexibility index (Phi) is 4.30. The van der Waals surface area contributed by atoms with E-state index in [1.165, 1.54) is 7.11 Å². The van der Waals surface area contributed by atoms with Crippen molar-refractivity contribution in [3.8, 4) is 0 Å². The molecule has 5 heteroatoms. The highest BCUT2D eigenvalue weighted by atomic mass is 16.7. The molecule has 1 fully saturated rings. The van der Waals surface area contributed by atoms with Crippen molar-refractivity contribution in [3.63, 3.8) is 0 Å². The number of hydrogen-bond acceptors (Lipinski definition) is 5. The minimum atomic E-state index is -0.562. The Labute approximate surface area is 106 Å². The van der Waals surface area contributed by atoms with Crippen LogP contribution in [0.4, 0.5) is 0 Å². The van der Waals surface area contributed by atoms with Crippen LogP contribution >= 0.6 is 0 Å². The smallest absolute Gasteiger partial charge is 0.337 e. The lowest BCUT2D eigenvalue weighted by Crippen LogP contribution is -2.30. The highest BCUT2D eigenvalue weighted by Gasteiger charge is 2.34. The number of nitrogens with zero attached hydrogens (tertiary/aromatic N) is 1. The number of aliphatic hydroxyl groups is 1. The third-order valence-electron chi connectivity index (χ3n) is 3.04. The van der Waals surface area contributed by atoms with Crippen molar-refractivity contribution in [2.24, 2.45) is 0 Å². The number of rotatable bonds is 4. The number of hydrogen-bond donors (Lipinski definition) is 1. The minimum Gasteiger partial charge on any atom is -0.467 e. The third kappa shape index (κ3) is 2.69. The van der Waals surface area contributed by atoms with Gasteiger partial charge in [0.15, 0.2) is 6.10 Å². The average molecular weight is 251 g/mol. The first-order valence-corrected chi connectivity index (χ1v) is 5.93. The highest BCUT2D eigenvalue weighted by molar-refractivity contribution is 5.74. The molecule has 0 spiro atoms. The van der Waals surface area contributed by atoms with Crippen LogP contribution in [0.3, 0.4) is 0 Å². The zero-order chi connectivity index (χ0) is 13.0. The first kappa shape index (κ1) is 13.0. The third-order valence-corrected chi connectivity index (χ3v) is 3.04. The molecule has 0 saturated carbocycles. The highest BCUT2D eigenvalue weighted by Crippen LogP contribution is 2.26. The van der Waals surface area contributed by atoms with E-state index in [-0.39, 0.29) is 18.6 Å². The second-order valence-electron chi connectivity index (χ2n) is 4.16. The largest absolute Gasteiger partial charge is 0.467 e. The van der Waals surface area contributed by atoms with E-state index in [1.54, 1.807) is 5.06 Å². The van der Waals surface area contributed by atoms with Gasteiger partial charge in [-0.15, -0.1) is 0 Å². The molecule has 0 unspecified atom stereocenters. The summed E-state index contributed by atoms with van der Waals surface area (Å²) in [4.78, 5) is 16.9. The monoisotopic (exact) mass is 251 g/mol. The van der Waals surface area contributed by atoms with Crippen LogP contribution in [0.15, 0.2) is 30.3 Å². The second kappa shape index (κ2) is 5.95. The molecule has 1 saturated heterocycles. The van der Waals surface area contributed by atoms with Gasteiger partial charge in [0.2, 0.25) is 0 Å². The van der Waals surface area contributed by atoms with Gasteiger partial charge in [-0.05, 0) is 5.56 Å². The Morgan fingerprint density at radius 1 is 1.56 bits per heavy atom. The maximum absolute atomic E-state index is 11.4. The van der Waals surface area contributed by atoms with Crippen LogP contribution in [-0.4, -0.2) is 42.5 Å². The Hall–Kier alpha value is -1.43. The Bertz CT molecular complexity index is 395. The first-order chi connectivity index (χ1) is 8.76. The molecule has 0 bridgehead atoms. The number of methoxy groups -OCH3 is 1. The van der Waals surface area contributed by atoms with Crippen LogP contribution in [0.5, 0.6) is 0 Å². The zero-order valence-electron chi connectivity index (χ0n) is 10.3. The predicted octanol–water partition coefficient (Wildman–Crippen LogP) is 0.899. The summed E-state index contributed by atoms with van der Waals surface area (Å²) in [6, 6.07) is 9.34. The van der Waals surface area contributed by atoms with E-state index in [4.69, 9.17) is 4.84 Å². The molecule has 2 rings (SSSR count). The zero-order valence-corrected chi connectivity index (χ0v) is 10.3. The summed E-state index contributed by atoms with van der Waals surface area (Å²) >= 11 is 0. The van der Waals surface area contributed by atoms with Gasteiger partial charge in [-0.3, -0.25) is 4.84 Å². The van der Waals surface area contributed by atoms with Crippen LogP contribution in [0.1, 0.15) is 18.0 Å². The van der Waals surface area contributed by atoms with Gasteiger partial charge in [0.05, 0.1) is 19.8 Å². The van der Waals surface area contributed by atoms with Crippen LogP contribution in [0.2, 0.25) is 0 Å². The van der Waals surface area contributed by atoms with Crippen LogP contribution in [0, 0.1) is 0 Å². The van der Waals surface area contributed by atoms with Gasteiger partial charge in [-0.25, -0.2) is 4.79 Å². The number of esters is 1. The van der Waals surface area contributed by atoms with E-state index in [9.17, 15) is 9.90 Å². The van der Waals surface area contributed by atoms with E-state index in [1.807, 2.05) is 30.3 Å². The summed E-state index contributed by atoms with van der Waals surface area (Å²) in [5, 5.41) is 11.1. The van der Waals surface area contributed by atoms with Crippen molar-refractivity contribution in [1.82, 2.24) is 5.06 Å². The molecule has 1 aliphatic heterocycles. The van der Waals surface area contributed by atoms with E-state index in [2.05, 4.69) is 4.74 Å². The molecule has 1 heterocycles. The molecule has 1 aromatic carbocycles. The van der Waals surface area contributed by atoms with Gasteiger partial charge in [0, 0.05) is 13.0 Å². The summed E-state index contributed by atoms with van der Waals surface area (Å²) in [7, 11) is 1.34. The number of carbonyl (C=O) groups is 1. The fraction of sp³-hybridized carbons (Fsp3) is 0.462. The van der Waals surface area contributed by atoms with Gasteiger partial charge < -0.3 is 9.84 Å². The SMILES string of the molecule is COC(=O)[C@@H]1CCN([C@@H](CO)c2ccccc2)O1. The molecular formula is C13H17NO4. The molecule has 18 heavy (non-hydrogen) atoms. The first-order valence-electron chi connectivity index (χ1n) is 5.93. The van der Waals surface area contributed by atoms with Crippen molar-refractivity contribution < 1.29 is 19.5 Å². The maximum Gasteiger partial charge on any atom is 0.337 e. The molecule has 2 atom stereocenters. The van der Waals surface area contributed by atoms with Gasteiger partial charge in [0.25, 0.3) is 0 Å². The number of aliphatic hydroxyl groups excluding tert-OH is 1. The number of benzene rings is 1. The van der Waals surface area contributed by atoms with Crippen LogP contribution in [-0.2, 0) is 14.4 Å². The van der Waals surface area contributed by atoms with E-state index in [0.717, 1.165) is 5.56 Å². The van der Waals surface area contributed by atoms with E-state index < -0.39 is 6.10 Å². The standard InChI is InChI=1S/C13H17NO4/c1-17-13(16)12-7-8-14(18-12)11(9-15)10-5-3-2-4-6-10/h2-6,11-12,15H,7-9H2,1H3/t11-,12-/m0/s1. The normalized spacial score (nSPS) is 21.8. The topological polar surface area (TPSA) is 59.0 Å². The summed E-state index contributed by atoms with van der Waals surface area (Å²) in [5.74, 6) is -0.373. The molecular weight excluding hydrogens is 234 g/mol. The van der Waals surface area contributed by atoms with Crippen molar-refractivity contribution in [2.45, 2.75) is 18.6 Å². The minimum absolute atomic E-state index is 0.0576. The predicted molar refractivity (Wildman–Crippen MR) is 64.5 cm³/mol. The Morgan fingerprint density at radius 3 is 2.89 bits per heavy atom. The fourth-order valence-corrected chi connectivity index (χ4v) is 2.07. The van der Waals surface area contributed by atoms with Gasteiger partial charge in [0.1, 0.15) is 0 Å². The van der Waals surface area contributed by atoms with Crippen molar-refractivity contribution in [2.75, 3.05) is 20.3 Å². The lowest BCUT2D eigenvalue weighted by molar-refractivity contribution is -0.198. The number of carbonyl (C=O) groups excluding carboxylic acids is 1. The Balaban J connectivity index is 2.05. The van der Waals surface area contributed by atoms with E-state index >= 15 is 0 Å². The molecule has 1 aromatic rings. The summed E-state index contributed by atoms with van der Waals surface area (Å²) in [6.07, 6.45) is 0.0171. The molecule has 0 amide bonds. The maximum atomic E-state index is 11.4. The fourth-order valence-electron chi connectivity index (χ4n) is 2.07. The van der Waals surface area contributed by atoms with Crippen LogP contribution < -0.4 is 0 Å². The van der Waals surface area contributed by atoms with Crippen LogP contribution in [0.25, 0.3) is 0 Å². The van der Waals surface area contributed by atoms with E-state index in [0.29, 0.717) is 13.0 Å².